The third-order valence-corrected chi connectivity index (χ3v) is 7.48. The quantitative estimate of drug-likeness (QED) is 0.523. The summed E-state index contributed by atoms with van der Waals surface area (Å²) in [6.45, 7) is 5.40. The Morgan fingerprint density at radius 3 is 3.06 bits per heavy atom. The molecular weight excluding hydrogens is 477 g/mol. The van der Waals surface area contributed by atoms with Crippen molar-refractivity contribution in [2.45, 2.75) is 19.4 Å². The second-order valence-corrected chi connectivity index (χ2v) is 9.83. The van der Waals surface area contributed by atoms with Crippen LogP contribution >= 0.6 is 22.9 Å². The number of aromatic nitrogens is 2. The first-order valence-electron chi connectivity index (χ1n) is 11.3. The van der Waals surface area contributed by atoms with Gasteiger partial charge in [-0.1, -0.05) is 17.7 Å². The van der Waals surface area contributed by atoms with Gasteiger partial charge in [-0.3, -0.25) is 9.69 Å². The van der Waals surface area contributed by atoms with Crippen molar-refractivity contribution in [1.29, 1.82) is 0 Å². The summed E-state index contributed by atoms with van der Waals surface area (Å²) in [6, 6.07) is 4.48. The van der Waals surface area contributed by atoms with Crippen molar-refractivity contribution in [1.82, 2.24) is 19.8 Å². The molecule has 2 aromatic heterocycles. The molecule has 3 aromatic rings. The monoisotopic (exact) mass is 501 g/mol. The topological polar surface area (TPSA) is 70.6 Å². The van der Waals surface area contributed by atoms with Crippen LogP contribution in [0.15, 0.2) is 36.7 Å². The summed E-state index contributed by atoms with van der Waals surface area (Å²) < 4.78 is 19.0. The van der Waals surface area contributed by atoms with Crippen LogP contribution in [0.3, 0.4) is 0 Å². The van der Waals surface area contributed by atoms with Crippen molar-refractivity contribution in [2.75, 3.05) is 44.7 Å². The number of thiophene rings is 1. The third-order valence-electron chi connectivity index (χ3n) is 6.07. The predicted octanol–water partition coefficient (Wildman–Crippen LogP) is 4.39. The van der Waals surface area contributed by atoms with Crippen molar-refractivity contribution in [3.8, 4) is 0 Å². The van der Waals surface area contributed by atoms with Gasteiger partial charge in [-0.25, -0.2) is 14.4 Å². The van der Waals surface area contributed by atoms with Gasteiger partial charge in [0.25, 0.3) is 0 Å². The fourth-order valence-corrected chi connectivity index (χ4v) is 5.69. The third kappa shape index (κ3) is 5.07. The molecule has 1 N–H and O–H groups in total. The molecule has 5 rings (SSSR count). The first kappa shape index (κ1) is 23.2. The Balaban J connectivity index is 1.29. The van der Waals surface area contributed by atoms with Gasteiger partial charge in [-0.2, -0.15) is 0 Å². The fourth-order valence-electron chi connectivity index (χ4n) is 4.31. The smallest absolute Gasteiger partial charge is 0.246 e. The van der Waals surface area contributed by atoms with Crippen LogP contribution in [0.5, 0.6) is 0 Å². The van der Waals surface area contributed by atoms with E-state index in [9.17, 15) is 9.18 Å². The number of benzene rings is 1. The SMILES string of the molecule is O=C(C=CCN1CCCOCC1)N1CCc2c(sc3ncnc(Nc4ccc(F)c(Cl)c4)c23)C1. The van der Waals surface area contributed by atoms with E-state index >= 15 is 0 Å². The van der Waals surface area contributed by atoms with Crippen LogP contribution in [0.1, 0.15) is 16.9 Å². The highest BCUT2D eigenvalue weighted by atomic mass is 35.5. The average molecular weight is 502 g/mol. The average Bonchev–Trinajstić information content (AvgIpc) is 3.01. The molecule has 1 amide bonds. The Morgan fingerprint density at radius 2 is 2.18 bits per heavy atom. The molecule has 0 bridgehead atoms. The van der Waals surface area contributed by atoms with Crippen LogP contribution in [-0.2, 0) is 22.5 Å². The molecule has 1 aromatic carbocycles. The minimum atomic E-state index is -0.466. The molecule has 0 saturated carbocycles. The van der Waals surface area contributed by atoms with E-state index in [4.69, 9.17) is 16.3 Å². The zero-order valence-corrected chi connectivity index (χ0v) is 20.2. The van der Waals surface area contributed by atoms with Gasteiger partial charge in [0, 0.05) is 49.4 Å². The van der Waals surface area contributed by atoms with E-state index in [0.29, 0.717) is 24.6 Å². The lowest BCUT2D eigenvalue weighted by Gasteiger charge is -2.26. The Bertz CT molecular complexity index is 1230. The van der Waals surface area contributed by atoms with Crippen LogP contribution in [0.2, 0.25) is 5.02 Å². The number of hydrogen-bond acceptors (Lipinski definition) is 7. The number of fused-ring (bicyclic) bond motifs is 3. The number of nitrogens with one attached hydrogen (secondary N) is 1. The highest BCUT2D eigenvalue weighted by Gasteiger charge is 2.25. The zero-order valence-electron chi connectivity index (χ0n) is 18.6. The molecule has 0 atom stereocenters. The molecule has 4 heterocycles. The fraction of sp³-hybridized carbons (Fsp3) is 0.375. The van der Waals surface area contributed by atoms with Gasteiger partial charge in [0.05, 0.1) is 23.6 Å². The van der Waals surface area contributed by atoms with Crippen molar-refractivity contribution in [3.63, 3.8) is 0 Å². The normalized spacial score (nSPS) is 17.2. The largest absolute Gasteiger partial charge is 0.380 e. The lowest BCUT2D eigenvalue weighted by molar-refractivity contribution is -0.126. The number of ether oxygens (including phenoxy) is 1. The number of rotatable bonds is 5. The van der Waals surface area contributed by atoms with E-state index in [1.165, 1.54) is 18.5 Å². The van der Waals surface area contributed by atoms with Gasteiger partial charge >= 0.3 is 0 Å². The maximum Gasteiger partial charge on any atom is 0.246 e. The summed E-state index contributed by atoms with van der Waals surface area (Å²) in [5, 5.41) is 4.25. The zero-order chi connectivity index (χ0) is 23.5. The van der Waals surface area contributed by atoms with Gasteiger partial charge in [0.2, 0.25) is 5.91 Å². The first-order valence-corrected chi connectivity index (χ1v) is 12.5. The maximum absolute atomic E-state index is 13.5. The number of anilines is 2. The van der Waals surface area contributed by atoms with Crippen molar-refractivity contribution in [3.05, 3.63) is 58.0 Å². The molecule has 0 radical (unpaired) electrons. The Labute approximate surface area is 206 Å². The molecular formula is C24H25ClFN5O2S. The van der Waals surface area contributed by atoms with Crippen molar-refractivity contribution < 1.29 is 13.9 Å². The second kappa shape index (κ2) is 10.4. The molecule has 2 aliphatic rings. The number of halogens is 2. The van der Waals surface area contributed by atoms with Crippen LogP contribution in [0, 0.1) is 5.82 Å². The van der Waals surface area contributed by atoms with E-state index in [0.717, 1.165) is 66.3 Å². The molecule has 0 spiro atoms. The van der Waals surface area contributed by atoms with E-state index in [1.54, 1.807) is 23.5 Å². The Kier molecular flexibility index (Phi) is 7.05. The highest BCUT2D eigenvalue weighted by Crippen LogP contribution is 2.38. The Morgan fingerprint density at radius 1 is 1.26 bits per heavy atom. The maximum atomic E-state index is 13.5. The van der Waals surface area contributed by atoms with E-state index in [-0.39, 0.29) is 10.9 Å². The minimum absolute atomic E-state index is 0.0274. The summed E-state index contributed by atoms with van der Waals surface area (Å²) in [6.07, 6.45) is 6.91. The number of carbonyl (C=O) groups is 1. The summed E-state index contributed by atoms with van der Waals surface area (Å²) in [5.41, 5.74) is 1.81. The van der Waals surface area contributed by atoms with Crippen molar-refractivity contribution >= 4 is 50.6 Å². The number of amides is 1. The number of carbonyl (C=O) groups excluding carboxylic acids is 1. The van der Waals surface area contributed by atoms with Crippen molar-refractivity contribution in [2.24, 2.45) is 0 Å². The number of hydrogen-bond donors (Lipinski definition) is 1. The molecule has 0 unspecified atom stereocenters. The Hall–Kier alpha value is -2.59. The molecule has 10 heteroatoms. The summed E-state index contributed by atoms with van der Waals surface area (Å²) in [4.78, 5) is 27.8. The molecule has 1 saturated heterocycles. The predicted molar refractivity (Wildman–Crippen MR) is 132 cm³/mol. The van der Waals surface area contributed by atoms with E-state index < -0.39 is 5.82 Å². The van der Waals surface area contributed by atoms with Crippen LogP contribution < -0.4 is 5.32 Å². The summed E-state index contributed by atoms with van der Waals surface area (Å²) in [7, 11) is 0. The molecule has 0 aliphatic carbocycles. The highest BCUT2D eigenvalue weighted by molar-refractivity contribution is 7.19. The van der Waals surface area contributed by atoms with Gasteiger partial charge in [-0.05, 0) is 36.6 Å². The lowest BCUT2D eigenvalue weighted by Crippen LogP contribution is -2.34. The second-order valence-electron chi connectivity index (χ2n) is 8.34. The van der Waals surface area contributed by atoms with Gasteiger partial charge in [-0.15, -0.1) is 11.3 Å². The summed E-state index contributed by atoms with van der Waals surface area (Å²) >= 11 is 7.51. The van der Waals surface area contributed by atoms with E-state index in [2.05, 4.69) is 20.2 Å². The number of nitrogens with zero attached hydrogens (tertiary/aromatic N) is 4. The van der Waals surface area contributed by atoms with Crippen LogP contribution in [0.4, 0.5) is 15.9 Å². The van der Waals surface area contributed by atoms with Gasteiger partial charge in [0.1, 0.15) is 22.8 Å². The molecule has 7 nitrogen and oxygen atoms in total. The summed E-state index contributed by atoms with van der Waals surface area (Å²) in [5.74, 6) is 0.220. The van der Waals surface area contributed by atoms with Gasteiger partial charge < -0.3 is 15.0 Å². The molecule has 1 fully saturated rings. The van der Waals surface area contributed by atoms with Crippen LogP contribution in [-0.4, -0.2) is 65.1 Å². The molecule has 2 aliphatic heterocycles. The first-order chi connectivity index (χ1) is 16.6. The molecule has 178 valence electrons. The lowest BCUT2D eigenvalue weighted by atomic mass is 10.0. The standard InChI is InChI=1S/C24H25ClFN5O2S/c25-18-13-16(4-5-19(18)26)29-23-22-17-6-9-31(14-20(17)34-24(22)28-15-27-23)21(32)3-1-7-30-8-2-11-33-12-10-30/h1,3-5,13,15H,2,6-12,14H2,(H,27,28,29). The van der Waals surface area contributed by atoms with Gasteiger partial charge in [0.15, 0.2) is 0 Å². The minimum Gasteiger partial charge on any atom is -0.380 e. The molecule has 34 heavy (non-hydrogen) atoms. The van der Waals surface area contributed by atoms with E-state index in [1.807, 2.05) is 11.0 Å². The van der Waals surface area contributed by atoms with Crippen LogP contribution in [0.25, 0.3) is 10.2 Å².